The molecule has 0 radical (unpaired) electrons. The van der Waals surface area contributed by atoms with Gasteiger partial charge in [-0.3, -0.25) is 14.9 Å². The Morgan fingerprint density at radius 2 is 1.32 bits per heavy atom. The number of anilines is 1. The molecule has 184 valence electrons. The maximum Gasteiger partial charge on any atom is 0.256 e. The smallest absolute Gasteiger partial charge is 0.256 e. The van der Waals surface area contributed by atoms with E-state index in [0.717, 1.165) is 11.3 Å². The monoisotopic (exact) mass is 534 g/mol. The normalized spacial score (nSPS) is 14.8. The van der Waals surface area contributed by atoms with Crippen molar-refractivity contribution >= 4 is 63.3 Å². The zero-order chi connectivity index (χ0) is 27.1. The fourth-order valence-electron chi connectivity index (χ4n) is 3.79. The molecule has 0 bridgehead atoms. The Kier molecular flexibility index (Phi) is 7.99. The van der Waals surface area contributed by atoms with Crippen LogP contribution in [0.25, 0.3) is 11.4 Å². The molecule has 38 heavy (non-hydrogen) atoms. The lowest BCUT2D eigenvalue weighted by atomic mass is 10.0. The average molecular weight is 535 g/mol. The topological polar surface area (TPSA) is 130 Å². The molecule has 3 aromatic rings. The first-order chi connectivity index (χ1) is 18.4. The SMILES string of the molecule is N#C/C(C(=S)Nc1ccccc1)=C1\NC(=O)c2ccccc21.N#CNC(=S)/C=C1\NC(=O)c2ccccc21. The fourth-order valence-corrected chi connectivity index (χ4v) is 4.22. The van der Waals surface area contributed by atoms with Gasteiger partial charge >= 0.3 is 0 Å². The number of para-hydroxylation sites is 1. The molecule has 0 aromatic heterocycles. The lowest BCUT2D eigenvalue weighted by Crippen LogP contribution is -2.18. The number of nitrogens with one attached hydrogen (secondary N) is 4. The van der Waals surface area contributed by atoms with Gasteiger partial charge in [0, 0.05) is 27.9 Å². The summed E-state index contributed by atoms with van der Waals surface area (Å²) in [6.45, 7) is 0. The van der Waals surface area contributed by atoms with Gasteiger partial charge < -0.3 is 16.0 Å². The van der Waals surface area contributed by atoms with Crippen molar-refractivity contribution in [3.63, 3.8) is 0 Å². The fraction of sp³-hybridized carbons (Fsp3) is 0. The first-order valence-corrected chi connectivity index (χ1v) is 12.0. The molecule has 2 heterocycles. The summed E-state index contributed by atoms with van der Waals surface area (Å²) in [5.74, 6) is -0.373. The van der Waals surface area contributed by atoms with E-state index in [-0.39, 0.29) is 27.4 Å². The van der Waals surface area contributed by atoms with Crippen molar-refractivity contribution in [1.82, 2.24) is 16.0 Å². The van der Waals surface area contributed by atoms with Crippen LogP contribution >= 0.6 is 24.4 Å². The molecule has 5 rings (SSSR count). The molecule has 2 amide bonds. The summed E-state index contributed by atoms with van der Waals surface area (Å²) in [4.78, 5) is 24.0. The molecule has 0 unspecified atom stereocenters. The molecule has 3 aromatic carbocycles. The summed E-state index contributed by atoms with van der Waals surface area (Å²) in [5, 5.41) is 28.6. The second-order valence-corrected chi connectivity index (χ2v) is 8.69. The van der Waals surface area contributed by atoms with Crippen molar-refractivity contribution in [2.75, 3.05) is 5.32 Å². The molecule has 0 fully saturated rings. The van der Waals surface area contributed by atoms with Crippen LogP contribution in [0.4, 0.5) is 5.69 Å². The predicted octanol–water partition coefficient (Wildman–Crippen LogP) is 4.27. The first kappa shape index (κ1) is 25.9. The Morgan fingerprint density at radius 3 is 1.95 bits per heavy atom. The predicted molar refractivity (Wildman–Crippen MR) is 152 cm³/mol. The lowest BCUT2D eigenvalue weighted by molar-refractivity contribution is 0.0972. The van der Waals surface area contributed by atoms with E-state index >= 15 is 0 Å². The van der Waals surface area contributed by atoms with E-state index in [0.29, 0.717) is 28.1 Å². The molecule has 0 spiro atoms. The van der Waals surface area contributed by atoms with Gasteiger partial charge in [-0.25, -0.2) is 0 Å². The third-order valence-electron chi connectivity index (χ3n) is 5.46. The summed E-state index contributed by atoms with van der Waals surface area (Å²) < 4.78 is 0. The Balaban J connectivity index is 0.000000186. The van der Waals surface area contributed by atoms with E-state index in [9.17, 15) is 14.9 Å². The molecule has 2 aliphatic rings. The number of amides is 2. The van der Waals surface area contributed by atoms with Crippen LogP contribution in [0.5, 0.6) is 0 Å². The Bertz CT molecular complexity index is 1610. The quantitative estimate of drug-likeness (QED) is 0.129. The molecule has 0 atom stereocenters. The van der Waals surface area contributed by atoms with Gasteiger partial charge in [0.15, 0.2) is 6.19 Å². The van der Waals surface area contributed by atoms with Crippen molar-refractivity contribution in [2.24, 2.45) is 0 Å². The number of rotatable bonds is 3. The molecule has 2 aliphatic heterocycles. The van der Waals surface area contributed by atoms with Gasteiger partial charge in [-0.1, -0.05) is 79.0 Å². The number of hydrogen-bond acceptors (Lipinski definition) is 6. The second-order valence-electron chi connectivity index (χ2n) is 7.84. The zero-order valence-electron chi connectivity index (χ0n) is 19.6. The minimum atomic E-state index is -0.221. The van der Waals surface area contributed by atoms with Crippen molar-refractivity contribution < 1.29 is 9.59 Å². The number of nitriles is 2. The molecular weight excluding hydrogens is 516 g/mol. The van der Waals surface area contributed by atoms with Crippen LogP contribution < -0.4 is 21.3 Å². The standard InChI is InChI=1S/C17H11N3OS.C11H7N3OS/c18-10-14(17(22)19-11-6-2-1-3-7-11)15-12-8-4-5-9-13(12)16(21)20-15;12-6-13-10(16)5-9-7-3-1-2-4-8(7)11(15)14-9/h1-9H,(H,19,22)(H,20,21);1-5H,(H,13,16)(H,14,15)/b15-14+;9-5-. The van der Waals surface area contributed by atoms with E-state index in [1.54, 1.807) is 42.6 Å². The average Bonchev–Trinajstić information content (AvgIpc) is 3.42. The maximum absolute atomic E-state index is 12.0. The third kappa shape index (κ3) is 5.63. The summed E-state index contributed by atoms with van der Waals surface area (Å²) in [7, 11) is 0. The number of fused-ring (bicyclic) bond motifs is 2. The van der Waals surface area contributed by atoms with Crippen LogP contribution in [-0.2, 0) is 0 Å². The number of carbonyl (C=O) groups excluding carboxylic acids is 2. The van der Waals surface area contributed by atoms with Crippen LogP contribution in [0, 0.1) is 22.8 Å². The van der Waals surface area contributed by atoms with Crippen molar-refractivity contribution in [3.8, 4) is 12.3 Å². The van der Waals surface area contributed by atoms with Gasteiger partial charge in [-0.2, -0.15) is 10.5 Å². The van der Waals surface area contributed by atoms with Crippen LogP contribution in [-0.4, -0.2) is 21.8 Å². The summed E-state index contributed by atoms with van der Waals surface area (Å²) >= 11 is 10.2. The molecular formula is C28H18N6O2S2. The second kappa shape index (κ2) is 11.7. The minimum Gasteiger partial charge on any atom is -0.345 e. The van der Waals surface area contributed by atoms with E-state index in [2.05, 4.69) is 27.3 Å². The van der Waals surface area contributed by atoms with Gasteiger partial charge in [0.25, 0.3) is 11.8 Å². The summed E-state index contributed by atoms with van der Waals surface area (Å²) in [6, 6.07) is 25.8. The van der Waals surface area contributed by atoms with Gasteiger partial charge in [0.05, 0.1) is 11.4 Å². The third-order valence-corrected chi connectivity index (χ3v) is 5.99. The number of hydrogen-bond donors (Lipinski definition) is 4. The van der Waals surface area contributed by atoms with Crippen molar-refractivity contribution in [2.45, 2.75) is 0 Å². The van der Waals surface area contributed by atoms with E-state index in [1.807, 2.05) is 48.5 Å². The highest BCUT2D eigenvalue weighted by Gasteiger charge is 2.27. The summed E-state index contributed by atoms with van der Waals surface area (Å²) in [5.41, 5.74) is 4.78. The summed E-state index contributed by atoms with van der Waals surface area (Å²) in [6.07, 6.45) is 3.29. The highest BCUT2D eigenvalue weighted by Crippen LogP contribution is 2.27. The van der Waals surface area contributed by atoms with Crippen molar-refractivity contribution in [1.29, 1.82) is 10.5 Å². The van der Waals surface area contributed by atoms with Gasteiger partial charge in [-0.05, 0) is 30.3 Å². The Morgan fingerprint density at radius 1 is 0.763 bits per heavy atom. The molecule has 8 nitrogen and oxygen atoms in total. The highest BCUT2D eigenvalue weighted by molar-refractivity contribution is 7.81. The molecule has 10 heteroatoms. The van der Waals surface area contributed by atoms with Crippen LogP contribution in [0.15, 0.2) is 90.5 Å². The lowest BCUT2D eigenvalue weighted by Gasteiger charge is -2.09. The van der Waals surface area contributed by atoms with E-state index in [1.165, 1.54) is 0 Å². The van der Waals surface area contributed by atoms with E-state index in [4.69, 9.17) is 29.7 Å². The Labute approximate surface area is 229 Å². The molecule has 0 aliphatic carbocycles. The zero-order valence-corrected chi connectivity index (χ0v) is 21.2. The van der Waals surface area contributed by atoms with E-state index < -0.39 is 0 Å². The molecule has 4 N–H and O–H groups in total. The number of thiocarbonyl (C=S) groups is 2. The van der Waals surface area contributed by atoms with Gasteiger partial charge in [0.2, 0.25) is 0 Å². The molecule has 0 saturated heterocycles. The maximum atomic E-state index is 12.0. The van der Waals surface area contributed by atoms with Crippen LogP contribution in [0.3, 0.4) is 0 Å². The highest BCUT2D eigenvalue weighted by atomic mass is 32.1. The largest absolute Gasteiger partial charge is 0.345 e. The van der Waals surface area contributed by atoms with Crippen LogP contribution in [0.2, 0.25) is 0 Å². The van der Waals surface area contributed by atoms with Crippen molar-refractivity contribution in [3.05, 3.63) is 113 Å². The first-order valence-electron chi connectivity index (χ1n) is 11.2. The molecule has 0 saturated carbocycles. The Hall–Kier alpha value is -5.16. The number of carbonyl (C=O) groups is 2. The number of benzene rings is 3. The van der Waals surface area contributed by atoms with Gasteiger partial charge in [-0.15, -0.1) is 0 Å². The minimum absolute atomic E-state index is 0.151. The number of nitrogens with zero attached hydrogens (tertiary/aromatic N) is 2. The van der Waals surface area contributed by atoms with Crippen LogP contribution in [0.1, 0.15) is 31.8 Å². The van der Waals surface area contributed by atoms with Gasteiger partial charge in [0.1, 0.15) is 21.6 Å².